The van der Waals surface area contributed by atoms with Gasteiger partial charge in [0.05, 0.1) is 0 Å². The van der Waals surface area contributed by atoms with Gasteiger partial charge in [0.1, 0.15) is 0 Å². The number of nitrogens with two attached hydrogens (primary N) is 1. The molecular formula is C18H22N2O. The van der Waals surface area contributed by atoms with E-state index in [1.165, 1.54) is 12.8 Å². The average Bonchev–Trinajstić information content (AvgIpc) is 2.53. The Balaban J connectivity index is 1.66. The van der Waals surface area contributed by atoms with E-state index in [4.69, 9.17) is 5.73 Å². The van der Waals surface area contributed by atoms with Crippen molar-refractivity contribution in [1.29, 1.82) is 0 Å². The smallest absolute Gasteiger partial charge is 0.251 e. The van der Waals surface area contributed by atoms with Gasteiger partial charge in [0.2, 0.25) is 0 Å². The topological polar surface area (TPSA) is 55.1 Å². The van der Waals surface area contributed by atoms with Crippen LogP contribution in [0.1, 0.15) is 36.0 Å². The fourth-order valence-electron chi connectivity index (χ4n) is 3.15. The van der Waals surface area contributed by atoms with Crippen LogP contribution >= 0.6 is 0 Å². The Bertz CT molecular complexity index is 638. The Morgan fingerprint density at radius 3 is 2.67 bits per heavy atom. The van der Waals surface area contributed by atoms with Crippen LogP contribution in [0.2, 0.25) is 0 Å². The van der Waals surface area contributed by atoms with Crippen molar-refractivity contribution in [1.82, 2.24) is 5.32 Å². The van der Waals surface area contributed by atoms with Crippen LogP contribution in [0.3, 0.4) is 0 Å². The summed E-state index contributed by atoms with van der Waals surface area (Å²) in [6, 6.07) is 14.1. The molecule has 2 unspecified atom stereocenters. The number of hydrogen-bond donors (Lipinski definition) is 2. The van der Waals surface area contributed by atoms with Gasteiger partial charge in [-0.05, 0) is 41.7 Å². The van der Waals surface area contributed by atoms with E-state index in [-0.39, 0.29) is 11.9 Å². The summed E-state index contributed by atoms with van der Waals surface area (Å²) in [6.45, 7) is 0.687. The van der Waals surface area contributed by atoms with Gasteiger partial charge in [-0.1, -0.05) is 43.2 Å². The maximum atomic E-state index is 12.3. The first-order chi connectivity index (χ1) is 10.2. The molecule has 1 aliphatic rings. The lowest BCUT2D eigenvalue weighted by atomic mass is 9.85. The first-order valence-electron chi connectivity index (χ1n) is 7.76. The maximum absolute atomic E-state index is 12.3. The zero-order valence-corrected chi connectivity index (χ0v) is 12.2. The summed E-state index contributed by atoms with van der Waals surface area (Å²) in [7, 11) is 0. The molecular weight excluding hydrogens is 260 g/mol. The Hall–Kier alpha value is -1.87. The summed E-state index contributed by atoms with van der Waals surface area (Å²) in [5.41, 5.74) is 6.85. The summed E-state index contributed by atoms with van der Waals surface area (Å²) in [5, 5.41) is 5.30. The second-order valence-electron chi connectivity index (χ2n) is 5.98. The van der Waals surface area contributed by atoms with E-state index in [2.05, 4.69) is 11.4 Å². The molecule has 1 amide bonds. The Morgan fingerprint density at radius 2 is 1.86 bits per heavy atom. The third kappa shape index (κ3) is 3.24. The average molecular weight is 282 g/mol. The second-order valence-corrected chi connectivity index (χ2v) is 5.98. The molecule has 2 aromatic carbocycles. The summed E-state index contributed by atoms with van der Waals surface area (Å²) in [4.78, 5) is 12.3. The van der Waals surface area contributed by atoms with E-state index >= 15 is 0 Å². The van der Waals surface area contributed by atoms with Gasteiger partial charge in [-0.3, -0.25) is 4.79 Å². The highest BCUT2D eigenvalue weighted by Gasteiger charge is 2.22. The van der Waals surface area contributed by atoms with Crippen LogP contribution in [0.25, 0.3) is 10.8 Å². The molecule has 3 heteroatoms. The van der Waals surface area contributed by atoms with Crippen LogP contribution in [0.5, 0.6) is 0 Å². The van der Waals surface area contributed by atoms with Crippen LogP contribution in [0, 0.1) is 5.92 Å². The molecule has 0 saturated heterocycles. The van der Waals surface area contributed by atoms with E-state index in [0.29, 0.717) is 12.5 Å². The molecule has 3 nitrogen and oxygen atoms in total. The van der Waals surface area contributed by atoms with E-state index < -0.39 is 0 Å². The minimum atomic E-state index is -0.00136. The molecule has 0 heterocycles. The molecule has 0 aliphatic heterocycles. The van der Waals surface area contributed by atoms with Crippen LogP contribution < -0.4 is 11.1 Å². The molecule has 0 aromatic heterocycles. The Kier molecular flexibility index (Phi) is 4.20. The zero-order chi connectivity index (χ0) is 14.7. The molecule has 0 radical (unpaired) electrons. The fourth-order valence-corrected chi connectivity index (χ4v) is 3.15. The molecule has 3 rings (SSSR count). The Labute approximate surface area is 125 Å². The third-order valence-electron chi connectivity index (χ3n) is 4.50. The van der Waals surface area contributed by atoms with Crippen molar-refractivity contribution in [2.75, 3.05) is 6.54 Å². The highest BCUT2D eigenvalue weighted by Crippen LogP contribution is 2.22. The van der Waals surface area contributed by atoms with E-state index in [1.807, 2.05) is 36.4 Å². The molecule has 1 saturated carbocycles. The summed E-state index contributed by atoms with van der Waals surface area (Å²) in [5.74, 6) is 0.418. The van der Waals surface area contributed by atoms with Crippen molar-refractivity contribution in [2.45, 2.75) is 31.7 Å². The van der Waals surface area contributed by atoms with E-state index in [0.717, 1.165) is 29.2 Å². The predicted octanol–water partition coefficient (Wildman–Crippen LogP) is 3.09. The van der Waals surface area contributed by atoms with Crippen molar-refractivity contribution >= 4 is 16.7 Å². The van der Waals surface area contributed by atoms with Gasteiger partial charge in [-0.25, -0.2) is 0 Å². The largest absolute Gasteiger partial charge is 0.352 e. The lowest BCUT2D eigenvalue weighted by Crippen LogP contribution is -2.41. The zero-order valence-electron chi connectivity index (χ0n) is 12.2. The number of carbonyl (C=O) groups is 1. The highest BCUT2D eigenvalue weighted by atomic mass is 16.1. The molecule has 0 bridgehead atoms. The lowest BCUT2D eigenvalue weighted by Gasteiger charge is -2.28. The number of hydrogen-bond acceptors (Lipinski definition) is 2. The van der Waals surface area contributed by atoms with Gasteiger partial charge >= 0.3 is 0 Å². The molecule has 2 aromatic rings. The summed E-state index contributed by atoms with van der Waals surface area (Å²) in [6.07, 6.45) is 4.65. The normalized spacial score (nSPS) is 22.1. The minimum absolute atomic E-state index is 0.00136. The van der Waals surface area contributed by atoms with E-state index in [1.54, 1.807) is 0 Å². The van der Waals surface area contributed by atoms with Gasteiger partial charge in [0, 0.05) is 18.2 Å². The second kappa shape index (κ2) is 6.27. The highest BCUT2D eigenvalue weighted by molar-refractivity contribution is 5.98. The predicted molar refractivity (Wildman–Crippen MR) is 86.2 cm³/mol. The maximum Gasteiger partial charge on any atom is 0.251 e. The van der Waals surface area contributed by atoms with Crippen LogP contribution in [0.4, 0.5) is 0 Å². The van der Waals surface area contributed by atoms with Crippen LogP contribution in [-0.4, -0.2) is 18.5 Å². The standard InChI is InChI=1S/C18H22N2O/c19-17-8-4-3-7-16(17)12-20-18(21)15-10-9-13-5-1-2-6-14(13)11-15/h1-2,5-6,9-11,16-17H,3-4,7-8,12,19H2,(H,20,21). The van der Waals surface area contributed by atoms with Crippen molar-refractivity contribution in [3.8, 4) is 0 Å². The fraction of sp³-hybridized carbons (Fsp3) is 0.389. The lowest BCUT2D eigenvalue weighted by molar-refractivity contribution is 0.0941. The van der Waals surface area contributed by atoms with Crippen LogP contribution in [-0.2, 0) is 0 Å². The number of nitrogens with one attached hydrogen (secondary N) is 1. The minimum Gasteiger partial charge on any atom is -0.352 e. The number of fused-ring (bicyclic) bond motifs is 1. The molecule has 2 atom stereocenters. The molecule has 1 fully saturated rings. The van der Waals surface area contributed by atoms with Gasteiger partial charge in [0.25, 0.3) is 5.91 Å². The molecule has 0 spiro atoms. The van der Waals surface area contributed by atoms with Gasteiger partial charge in [-0.15, -0.1) is 0 Å². The van der Waals surface area contributed by atoms with Crippen molar-refractivity contribution in [2.24, 2.45) is 11.7 Å². The number of carbonyl (C=O) groups excluding carboxylic acids is 1. The van der Waals surface area contributed by atoms with Gasteiger partial charge in [0.15, 0.2) is 0 Å². The first-order valence-corrected chi connectivity index (χ1v) is 7.76. The van der Waals surface area contributed by atoms with Gasteiger partial charge < -0.3 is 11.1 Å². The molecule has 110 valence electrons. The number of benzene rings is 2. The summed E-state index contributed by atoms with van der Waals surface area (Å²) >= 11 is 0. The van der Waals surface area contributed by atoms with Crippen molar-refractivity contribution < 1.29 is 4.79 Å². The molecule has 3 N–H and O–H groups in total. The third-order valence-corrected chi connectivity index (χ3v) is 4.50. The van der Waals surface area contributed by atoms with Gasteiger partial charge in [-0.2, -0.15) is 0 Å². The number of rotatable bonds is 3. The monoisotopic (exact) mass is 282 g/mol. The van der Waals surface area contributed by atoms with E-state index in [9.17, 15) is 4.79 Å². The first kappa shape index (κ1) is 14.1. The molecule has 21 heavy (non-hydrogen) atoms. The Morgan fingerprint density at radius 1 is 1.10 bits per heavy atom. The number of amides is 1. The molecule has 1 aliphatic carbocycles. The van der Waals surface area contributed by atoms with Crippen molar-refractivity contribution in [3.05, 3.63) is 48.0 Å². The summed E-state index contributed by atoms with van der Waals surface area (Å²) < 4.78 is 0. The van der Waals surface area contributed by atoms with Crippen LogP contribution in [0.15, 0.2) is 42.5 Å². The SMILES string of the molecule is NC1CCCCC1CNC(=O)c1ccc2ccccc2c1. The van der Waals surface area contributed by atoms with Crippen molar-refractivity contribution in [3.63, 3.8) is 0 Å². The quantitative estimate of drug-likeness (QED) is 0.909.